The summed E-state index contributed by atoms with van der Waals surface area (Å²) in [4.78, 5) is 0. The molecule has 0 aromatic rings. The molecule has 360 valence electrons. The van der Waals surface area contributed by atoms with Gasteiger partial charge in [-0.2, -0.15) is 0 Å². The summed E-state index contributed by atoms with van der Waals surface area (Å²) in [5, 5.41) is 80.5. The zero-order valence-corrected chi connectivity index (χ0v) is 42.1. The van der Waals surface area contributed by atoms with Crippen LogP contribution in [-0.2, 0) is 44.5 Å². The van der Waals surface area contributed by atoms with Crippen molar-refractivity contribution < 1.29 is 86.0 Å². The zero-order chi connectivity index (χ0) is 45.4. The number of hydrogen-bond acceptors (Lipinski definition) is 8. The number of hydrogen-bond donors (Lipinski definition) is 0. The fourth-order valence-electron chi connectivity index (χ4n) is 6.49. The van der Waals surface area contributed by atoms with Crippen LogP contribution in [0.3, 0.4) is 0 Å². The third-order valence-corrected chi connectivity index (χ3v) is 10.3. The van der Waals surface area contributed by atoms with E-state index in [1.54, 1.807) is 0 Å². The monoisotopic (exact) mass is 951 g/mol. The Bertz CT molecular complexity index is 771. The van der Waals surface area contributed by atoms with Gasteiger partial charge >= 0.3 is 50.1 Å². The number of unbranched alkanes of at least 4 members (excludes halogenated alkanes) is 32. The number of rotatable bonds is 40. The van der Waals surface area contributed by atoms with Crippen molar-refractivity contribution in [3.63, 3.8) is 0 Å². The zero-order valence-electron chi connectivity index (χ0n) is 39.7. The van der Waals surface area contributed by atoms with Gasteiger partial charge in [0.2, 0.25) is 0 Å². The van der Waals surface area contributed by atoms with Gasteiger partial charge in [0.25, 0.3) is 0 Å². The minimum atomic E-state index is -0.627. The molecule has 0 radical (unpaired) electrons. The van der Waals surface area contributed by atoms with Crippen LogP contribution in [-0.4, -0.2) is 23.9 Å². The molecule has 0 heterocycles. The molecule has 0 saturated heterocycles. The van der Waals surface area contributed by atoms with Gasteiger partial charge in [0.05, 0.1) is 0 Å². The van der Waals surface area contributed by atoms with Gasteiger partial charge in [-0.15, -0.1) is 0 Å². The summed E-state index contributed by atoms with van der Waals surface area (Å²) < 4.78 is 13.3. The second kappa shape index (κ2) is 64.6. The predicted octanol–water partition coefficient (Wildman–Crippen LogP) is 5.87. The Morgan fingerprint density at radius 1 is 0.230 bits per heavy atom. The molecular formula is C48H92O12Zr. The normalized spacial score (nSPS) is 11.7. The maximum absolute atomic E-state index is 10.5. The molecule has 0 aliphatic carbocycles. The van der Waals surface area contributed by atoms with Crippen molar-refractivity contribution in [1.82, 2.24) is 0 Å². The molecule has 0 saturated carbocycles. The first-order chi connectivity index (χ1) is 29.2. The van der Waals surface area contributed by atoms with Gasteiger partial charge in [0, 0.05) is 25.7 Å². The van der Waals surface area contributed by atoms with E-state index >= 15 is 0 Å². The van der Waals surface area contributed by atoms with Crippen molar-refractivity contribution in [3.05, 3.63) is 0 Å². The number of aliphatic carboxylic acids is 4. The Morgan fingerprint density at radius 2 is 0.344 bits per heavy atom. The number of carboxylic acids is 4. The van der Waals surface area contributed by atoms with Crippen LogP contribution in [0.2, 0.25) is 0 Å². The van der Waals surface area contributed by atoms with Crippen LogP contribution >= 0.6 is 0 Å². The summed E-state index contributed by atoms with van der Waals surface area (Å²) in [5.41, 5.74) is 0. The van der Waals surface area contributed by atoms with Crippen molar-refractivity contribution in [1.29, 1.82) is 0 Å². The Morgan fingerprint density at radius 3 is 0.459 bits per heavy atom. The van der Waals surface area contributed by atoms with E-state index < -0.39 is 23.9 Å². The van der Waals surface area contributed by atoms with Gasteiger partial charge in [-0.05, 0) is 25.7 Å². The summed E-state index contributed by atoms with van der Waals surface area (Å²) in [5.74, 6) is -2.51. The quantitative estimate of drug-likeness (QED) is 0.0311. The topological polar surface area (TPSA) is 230 Å². The molecule has 0 N–H and O–H groups in total. The first kappa shape index (κ1) is 68.0. The van der Waals surface area contributed by atoms with E-state index in [4.69, 9.17) is 0 Å². The largest absolute Gasteiger partial charge is 4.00 e. The molecule has 0 atom stereocenters. The third-order valence-electron chi connectivity index (χ3n) is 10.3. The van der Waals surface area contributed by atoms with Gasteiger partial charge < -0.3 is 39.3 Å². The molecule has 0 amide bonds. The van der Waals surface area contributed by atoms with E-state index in [1.807, 2.05) is 0 Å². The summed E-state index contributed by atoms with van der Waals surface area (Å²) in [7, 11) is 0. The molecule has 0 rings (SSSR count). The summed E-state index contributed by atoms with van der Waals surface area (Å²) in [6.45, 7) is 8.87. The van der Waals surface area contributed by atoms with Crippen molar-refractivity contribution >= 4 is 23.9 Å². The molecule has 13 heteroatoms. The van der Waals surface area contributed by atoms with Crippen LogP contribution in [0.1, 0.15) is 285 Å². The van der Waals surface area contributed by atoms with Gasteiger partial charge in [-0.3, -0.25) is 20.4 Å². The third kappa shape index (κ3) is 72.7. The average molecular weight is 952 g/mol. The van der Waals surface area contributed by atoms with Gasteiger partial charge in [0.1, 0.15) is 0 Å². The first-order valence-electron chi connectivity index (χ1n) is 24.5. The fourth-order valence-corrected chi connectivity index (χ4v) is 6.49. The minimum Gasteiger partial charge on any atom is -0.719 e. The van der Waals surface area contributed by atoms with E-state index in [0.29, 0.717) is 0 Å². The Hall–Kier alpha value is -2.04. The Balaban J connectivity index is -0.000000227. The van der Waals surface area contributed by atoms with Crippen LogP contribution in [0.25, 0.3) is 0 Å². The van der Waals surface area contributed by atoms with Crippen molar-refractivity contribution in [2.45, 2.75) is 285 Å². The second-order valence-corrected chi connectivity index (χ2v) is 16.1. The molecule has 12 nitrogen and oxygen atoms in total. The van der Waals surface area contributed by atoms with Gasteiger partial charge in [-0.25, -0.2) is 0 Å². The van der Waals surface area contributed by atoms with Gasteiger partial charge in [-0.1, -0.05) is 233 Å². The number of carbonyl (C=O) groups excluding carboxylic acids is 4. The molecule has 0 aliphatic rings. The molecule has 0 bridgehead atoms. The standard InChI is InChI=1S/4C12H24O3.Zr/c4*1-2-3-4-5-6-7-8-9-10-11-12(13)15-14;/h4*13H,2-11H2,1H3;/q;;;;+4/p-4. The minimum absolute atomic E-state index is 0. The molecular weight excluding hydrogens is 860 g/mol. The smallest absolute Gasteiger partial charge is 0.719 e. The van der Waals surface area contributed by atoms with E-state index in [-0.39, 0.29) is 51.9 Å². The molecule has 61 heavy (non-hydrogen) atoms. The first-order valence-corrected chi connectivity index (χ1v) is 24.5. The Kier molecular flexibility index (Phi) is 72.0. The predicted molar refractivity (Wildman–Crippen MR) is 227 cm³/mol. The molecule has 0 unspecified atom stereocenters. The van der Waals surface area contributed by atoms with Crippen molar-refractivity contribution in [3.8, 4) is 0 Å². The average Bonchev–Trinajstić information content (AvgIpc) is 3.27. The number of carboxylic acid groups (broad SMARTS) is 4. The summed E-state index contributed by atoms with van der Waals surface area (Å²) in [6.07, 6.45) is 44.4. The van der Waals surface area contributed by atoms with Crippen LogP contribution in [0.15, 0.2) is 0 Å². The summed E-state index contributed by atoms with van der Waals surface area (Å²) in [6, 6.07) is 0. The Labute approximate surface area is 392 Å². The van der Waals surface area contributed by atoms with Gasteiger partial charge in [0.15, 0.2) is 0 Å². The van der Waals surface area contributed by atoms with Crippen LogP contribution in [0.5, 0.6) is 0 Å². The van der Waals surface area contributed by atoms with Crippen molar-refractivity contribution in [2.24, 2.45) is 0 Å². The molecule has 0 aliphatic heterocycles. The van der Waals surface area contributed by atoms with E-state index in [2.05, 4.69) is 46.0 Å². The van der Waals surface area contributed by atoms with E-state index in [9.17, 15) is 41.5 Å². The molecule has 0 aromatic heterocycles. The maximum Gasteiger partial charge on any atom is 4.00 e. The second-order valence-electron chi connectivity index (χ2n) is 16.1. The fraction of sp³-hybridized carbons (Fsp3) is 0.917. The SMILES string of the molecule is CCCCCCCCCCCC([O-])=[O+][O-].CCCCCCCCCCCC([O-])=[O+][O-].CCCCCCCCCCCC([O-])=[O+][O-].CCCCCCCCCCCC([O-])=[O+][O-].[Zr+4]. The summed E-state index contributed by atoms with van der Waals surface area (Å²) >= 11 is 0. The molecule has 0 spiro atoms. The van der Waals surface area contributed by atoms with E-state index in [0.717, 1.165) is 77.0 Å². The maximum atomic E-state index is 10.5. The van der Waals surface area contributed by atoms with Crippen LogP contribution < -0.4 is 41.5 Å². The van der Waals surface area contributed by atoms with Crippen LogP contribution in [0, 0.1) is 0 Å². The van der Waals surface area contributed by atoms with Crippen molar-refractivity contribution in [2.75, 3.05) is 0 Å². The van der Waals surface area contributed by atoms with Crippen LogP contribution in [0.4, 0.5) is 0 Å². The molecule has 0 aromatic carbocycles. The molecule has 0 fully saturated rings. The van der Waals surface area contributed by atoms with E-state index in [1.165, 1.54) is 154 Å².